The number of carbonyl (C=O) groups is 1. The Morgan fingerprint density at radius 1 is 1.07 bits per heavy atom. The van der Waals surface area contributed by atoms with Gasteiger partial charge < -0.3 is 24.3 Å². The van der Waals surface area contributed by atoms with Crippen molar-refractivity contribution < 1.29 is 13.9 Å². The van der Waals surface area contributed by atoms with E-state index in [0.717, 1.165) is 48.5 Å². The number of likely N-dealkylation sites (N-methyl/N-ethyl adjacent to an activating group) is 1. The number of fused-ring (bicyclic) bond motifs is 1. The summed E-state index contributed by atoms with van der Waals surface area (Å²) in [6.45, 7) is 4.19. The van der Waals surface area contributed by atoms with Crippen LogP contribution < -0.4 is 10.2 Å². The zero-order chi connectivity index (χ0) is 19.5. The average molecular weight is 379 g/mol. The lowest BCUT2D eigenvalue weighted by Gasteiger charge is -2.35. The van der Waals surface area contributed by atoms with Crippen LogP contribution in [0, 0.1) is 0 Å². The molecule has 4 rings (SSSR count). The highest BCUT2D eigenvalue weighted by Crippen LogP contribution is 2.30. The number of furan rings is 1. The monoisotopic (exact) mass is 379 g/mol. The maximum atomic E-state index is 13.1. The molecule has 1 amide bonds. The van der Waals surface area contributed by atoms with E-state index < -0.39 is 0 Å². The standard InChI is InChI=1S/C22H25N3O3/c1-24-11-13-25(14-12-24)19-9-5-4-8-18(19)23-22(26)21-17(15-27-2)16-7-3-6-10-20(16)28-21/h3-10H,11-15H2,1-2H3,(H,23,26). The molecule has 0 bridgehead atoms. The second-order valence-electron chi connectivity index (χ2n) is 7.10. The molecule has 0 radical (unpaired) electrons. The molecule has 1 aliphatic rings. The van der Waals surface area contributed by atoms with Crippen LogP contribution in [-0.4, -0.2) is 51.1 Å². The van der Waals surface area contributed by atoms with Gasteiger partial charge in [-0.2, -0.15) is 0 Å². The molecule has 0 unspecified atom stereocenters. The molecule has 0 atom stereocenters. The first-order chi connectivity index (χ1) is 13.7. The van der Waals surface area contributed by atoms with Crippen LogP contribution >= 0.6 is 0 Å². The van der Waals surface area contributed by atoms with Crippen molar-refractivity contribution in [2.75, 3.05) is 50.6 Å². The van der Waals surface area contributed by atoms with Crippen molar-refractivity contribution in [2.24, 2.45) is 0 Å². The number of nitrogens with zero attached hydrogens (tertiary/aromatic N) is 2. The molecule has 146 valence electrons. The van der Waals surface area contributed by atoms with Crippen molar-refractivity contribution in [3.05, 3.63) is 59.9 Å². The summed E-state index contributed by atoms with van der Waals surface area (Å²) in [5, 5.41) is 3.96. The Morgan fingerprint density at radius 2 is 1.79 bits per heavy atom. The van der Waals surface area contributed by atoms with Crippen molar-refractivity contribution in [2.45, 2.75) is 6.61 Å². The SMILES string of the molecule is COCc1c(C(=O)Nc2ccccc2N2CCN(C)CC2)oc2ccccc12. The molecule has 28 heavy (non-hydrogen) atoms. The van der Waals surface area contributed by atoms with E-state index in [2.05, 4.69) is 28.2 Å². The maximum absolute atomic E-state index is 13.1. The predicted octanol–water partition coefficient (Wildman–Crippen LogP) is 3.58. The van der Waals surface area contributed by atoms with Crippen LogP contribution in [0.15, 0.2) is 52.9 Å². The number of hydrogen-bond donors (Lipinski definition) is 1. The van der Waals surface area contributed by atoms with Gasteiger partial charge in [0.25, 0.3) is 5.91 Å². The van der Waals surface area contributed by atoms with E-state index in [-0.39, 0.29) is 5.91 Å². The molecule has 1 aliphatic heterocycles. The molecule has 1 saturated heterocycles. The minimum absolute atomic E-state index is 0.259. The summed E-state index contributed by atoms with van der Waals surface area (Å²) in [5.74, 6) is 0.0426. The molecule has 0 saturated carbocycles. The maximum Gasteiger partial charge on any atom is 0.291 e. The third kappa shape index (κ3) is 3.61. The number of ether oxygens (including phenoxy) is 1. The highest BCUT2D eigenvalue weighted by molar-refractivity contribution is 6.07. The van der Waals surface area contributed by atoms with Crippen molar-refractivity contribution in [3.8, 4) is 0 Å². The lowest BCUT2D eigenvalue weighted by Crippen LogP contribution is -2.44. The molecular formula is C22H25N3O3. The Bertz CT molecular complexity index is 974. The lowest BCUT2D eigenvalue weighted by molar-refractivity contribution is 0.0992. The molecule has 6 nitrogen and oxygen atoms in total. The number of anilines is 2. The van der Waals surface area contributed by atoms with E-state index in [0.29, 0.717) is 18.0 Å². The van der Waals surface area contributed by atoms with Gasteiger partial charge in [0.15, 0.2) is 5.76 Å². The largest absolute Gasteiger partial charge is 0.451 e. The van der Waals surface area contributed by atoms with Gasteiger partial charge in [0.1, 0.15) is 5.58 Å². The Hall–Kier alpha value is -2.83. The van der Waals surface area contributed by atoms with Crippen molar-refractivity contribution in [1.29, 1.82) is 0 Å². The number of benzene rings is 2. The summed E-state index contributed by atoms with van der Waals surface area (Å²) in [6, 6.07) is 15.6. The average Bonchev–Trinajstić information content (AvgIpc) is 3.08. The van der Waals surface area contributed by atoms with E-state index in [4.69, 9.17) is 9.15 Å². The number of amides is 1. The summed E-state index contributed by atoms with van der Waals surface area (Å²) in [7, 11) is 3.75. The Morgan fingerprint density at radius 3 is 2.57 bits per heavy atom. The third-order valence-electron chi connectivity index (χ3n) is 5.19. The number of rotatable bonds is 5. The number of nitrogens with one attached hydrogen (secondary N) is 1. The van der Waals surface area contributed by atoms with Gasteiger partial charge in [-0.3, -0.25) is 4.79 Å². The van der Waals surface area contributed by atoms with E-state index in [1.165, 1.54) is 0 Å². The molecule has 1 aromatic heterocycles. The van der Waals surface area contributed by atoms with Gasteiger partial charge in [0.2, 0.25) is 0 Å². The molecule has 1 fully saturated rings. The minimum Gasteiger partial charge on any atom is -0.451 e. The quantitative estimate of drug-likeness (QED) is 0.734. The number of hydrogen-bond acceptors (Lipinski definition) is 5. The van der Waals surface area contributed by atoms with Crippen LogP contribution in [-0.2, 0) is 11.3 Å². The second kappa shape index (κ2) is 8.04. The van der Waals surface area contributed by atoms with Gasteiger partial charge in [0, 0.05) is 44.2 Å². The van der Waals surface area contributed by atoms with Crippen LogP contribution in [0.5, 0.6) is 0 Å². The van der Waals surface area contributed by atoms with Crippen LogP contribution in [0.3, 0.4) is 0 Å². The topological polar surface area (TPSA) is 58.0 Å². The van der Waals surface area contributed by atoms with Gasteiger partial charge in [-0.15, -0.1) is 0 Å². The summed E-state index contributed by atoms with van der Waals surface area (Å²) >= 11 is 0. The van der Waals surface area contributed by atoms with Crippen molar-refractivity contribution in [1.82, 2.24) is 4.90 Å². The van der Waals surface area contributed by atoms with E-state index in [9.17, 15) is 4.79 Å². The van der Waals surface area contributed by atoms with Gasteiger partial charge in [-0.25, -0.2) is 0 Å². The lowest BCUT2D eigenvalue weighted by atomic mass is 10.1. The van der Waals surface area contributed by atoms with E-state index in [1.807, 2.05) is 42.5 Å². The molecule has 0 aliphatic carbocycles. The fraction of sp³-hybridized carbons (Fsp3) is 0.318. The number of carbonyl (C=O) groups excluding carboxylic acids is 1. The highest BCUT2D eigenvalue weighted by Gasteiger charge is 2.23. The summed E-state index contributed by atoms with van der Waals surface area (Å²) in [4.78, 5) is 17.7. The van der Waals surface area contributed by atoms with Gasteiger partial charge in [0.05, 0.1) is 18.0 Å². The Balaban J connectivity index is 1.63. The zero-order valence-electron chi connectivity index (χ0n) is 16.3. The zero-order valence-corrected chi connectivity index (χ0v) is 16.3. The third-order valence-corrected chi connectivity index (χ3v) is 5.19. The van der Waals surface area contributed by atoms with Crippen LogP contribution in [0.25, 0.3) is 11.0 Å². The summed E-state index contributed by atoms with van der Waals surface area (Å²) < 4.78 is 11.2. The van der Waals surface area contributed by atoms with E-state index >= 15 is 0 Å². The fourth-order valence-electron chi connectivity index (χ4n) is 3.65. The minimum atomic E-state index is -0.259. The first-order valence-corrected chi connectivity index (χ1v) is 9.50. The van der Waals surface area contributed by atoms with Crippen LogP contribution in [0.4, 0.5) is 11.4 Å². The normalized spacial score (nSPS) is 15.1. The second-order valence-corrected chi connectivity index (χ2v) is 7.10. The van der Waals surface area contributed by atoms with Crippen molar-refractivity contribution >= 4 is 28.3 Å². The Kier molecular flexibility index (Phi) is 5.32. The molecule has 2 aromatic carbocycles. The van der Waals surface area contributed by atoms with Gasteiger partial charge in [-0.05, 0) is 25.2 Å². The fourth-order valence-corrected chi connectivity index (χ4v) is 3.65. The number of piperazine rings is 1. The van der Waals surface area contributed by atoms with Gasteiger partial charge in [-0.1, -0.05) is 30.3 Å². The first kappa shape index (κ1) is 18.5. The summed E-state index contributed by atoms with van der Waals surface area (Å²) in [5.41, 5.74) is 3.29. The molecule has 0 spiro atoms. The predicted molar refractivity (Wildman–Crippen MR) is 111 cm³/mol. The van der Waals surface area contributed by atoms with E-state index in [1.54, 1.807) is 7.11 Å². The smallest absolute Gasteiger partial charge is 0.291 e. The van der Waals surface area contributed by atoms with Crippen LogP contribution in [0.1, 0.15) is 16.1 Å². The molecule has 6 heteroatoms. The number of methoxy groups -OCH3 is 1. The first-order valence-electron chi connectivity index (χ1n) is 9.50. The molecule has 3 aromatic rings. The Labute approximate surface area is 164 Å². The molecular weight excluding hydrogens is 354 g/mol. The number of para-hydroxylation sites is 3. The highest BCUT2D eigenvalue weighted by atomic mass is 16.5. The van der Waals surface area contributed by atoms with Gasteiger partial charge >= 0.3 is 0 Å². The van der Waals surface area contributed by atoms with Crippen LogP contribution in [0.2, 0.25) is 0 Å². The molecule has 2 heterocycles. The summed E-state index contributed by atoms with van der Waals surface area (Å²) in [6.07, 6.45) is 0. The molecule has 1 N–H and O–H groups in total. The van der Waals surface area contributed by atoms with Crippen molar-refractivity contribution in [3.63, 3.8) is 0 Å².